The predicted molar refractivity (Wildman–Crippen MR) is 45.0 cm³/mol. The largest absolute Gasteiger partial charge is 0.335 e. The van der Waals surface area contributed by atoms with Crippen LogP contribution in [-0.4, -0.2) is 23.4 Å². The number of carbonyl (C=O) groups excluding carboxylic acids is 2. The Morgan fingerprint density at radius 1 is 1.50 bits per heavy atom. The molecule has 0 heterocycles. The summed E-state index contributed by atoms with van der Waals surface area (Å²) in [6.07, 6.45) is 2.00. The Morgan fingerprint density at radius 3 is 2.50 bits per heavy atom. The molecule has 0 saturated heterocycles. The number of nitrogens with one attached hydrogen (secondary N) is 2. The van der Waals surface area contributed by atoms with Crippen LogP contribution in [-0.2, 0) is 4.79 Å². The molecule has 68 valence electrons. The van der Waals surface area contributed by atoms with Crippen molar-refractivity contribution in [1.82, 2.24) is 10.6 Å². The standard InChI is InChI=1S/C7H11ClN2O2/c1-4(8)6(11)10-7(12)9-5-2-3-5/h4-5H,2-3H2,1H3,(H2,9,10,11,12). The molecule has 1 fully saturated rings. The van der Waals surface area contributed by atoms with Crippen molar-refractivity contribution in [1.29, 1.82) is 0 Å². The zero-order chi connectivity index (χ0) is 9.14. The number of carbonyl (C=O) groups is 2. The van der Waals surface area contributed by atoms with E-state index in [1.807, 2.05) is 0 Å². The van der Waals surface area contributed by atoms with E-state index >= 15 is 0 Å². The third-order valence-electron chi connectivity index (χ3n) is 1.51. The van der Waals surface area contributed by atoms with Gasteiger partial charge in [0.2, 0.25) is 5.91 Å². The van der Waals surface area contributed by atoms with Crippen molar-refractivity contribution >= 4 is 23.5 Å². The van der Waals surface area contributed by atoms with E-state index in [1.165, 1.54) is 6.92 Å². The number of halogens is 1. The molecule has 4 nitrogen and oxygen atoms in total. The molecule has 1 rings (SSSR count). The van der Waals surface area contributed by atoms with Crippen molar-refractivity contribution in [3.05, 3.63) is 0 Å². The van der Waals surface area contributed by atoms with Crippen LogP contribution in [0.3, 0.4) is 0 Å². The number of hydrogen-bond donors (Lipinski definition) is 2. The summed E-state index contributed by atoms with van der Waals surface area (Å²) in [6, 6.07) is -0.196. The fraction of sp³-hybridized carbons (Fsp3) is 0.714. The molecular formula is C7H11ClN2O2. The number of imide groups is 1. The number of alkyl halides is 1. The Balaban J connectivity index is 2.20. The summed E-state index contributed by atoms with van der Waals surface area (Å²) in [6.45, 7) is 1.52. The van der Waals surface area contributed by atoms with Crippen molar-refractivity contribution in [3.63, 3.8) is 0 Å². The second-order valence-electron chi connectivity index (χ2n) is 2.85. The van der Waals surface area contributed by atoms with Gasteiger partial charge in [-0.15, -0.1) is 11.6 Å². The predicted octanol–water partition coefficient (Wildman–Crippen LogP) is 0.602. The second kappa shape index (κ2) is 3.76. The van der Waals surface area contributed by atoms with Crippen molar-refractivity contribution < 1.29 is 9.59 Å². The molecule has 0 aromatic heterocycles. The van der Waals surface area contributed by atoms with E-state index in [2.05, 4.69) is 10.6 Å². The maximum absolute atomic E-state index is 10.9. The highest BCUT2D eigenvalue weighted by molar-refractivity contribution is 6.31. The van der Waals surface area contributed by atoms with Crippen LogP contribution in [0.15, 0.2) is 0 Å². The van der Waals surface area contributed by atoms with Crippen LogP contribution >= 0.6 is 11.6 Å². The molecule has 0 bridgehead atoms. The number of urea groups is 1. The molecule has 3 amide bonds. The van der Waals surface area contributed by atoms with Gasteiger partial charge in [0.15, 0.2) is 0 Å². The average molecular weight is 191 g/mol. The van der Waals surface area contributed by atoms with E-state index in [-0.39, 0.29) is 6.04 Å². The van der Waals surface area contributed by atoms with Crippen LogP contribution in [0.1, 0.15) is 19.8 Å². The lowest BCUT2D eigenvalue weighted by Gasteiger charge is -2.05. The molecule has 2 N–H and O–H groups in total. The first-order valence-electron chi connectivity index (χ1n) is 3.85. The van der Waals surface area contributed by atoms with Gasteiger partial charge in [-0.1, -0.05) is 0 Å². The maximum atomic E-state index is 10.9. The van der Waals surface area contributed by atoms with Crippen molar-refractivity contribution in [3.8, 4) is 0 Å². The summed E-state index contributed by atoms with van der Waals surface area (Å²) in [4.78, 5) is 21.8. The van der Waals surface area contributed by atoms with Crippen molar-refractivity contribution in [2.75, 3.05) is 0 Å². The Morgan fingerprint density at radius 2 is 2.08 bits per heavy atom. The molecule has 0 aromatic rings. The molecule has 5 heteroatoms. The quantitative estimate of drug-likeness (QED) is 0.627. The SMILES string of the molecule is CC(Cl)C(=O)NC(=O)NC1CC1. The summed E-state index contributed by atoms with van der Waals surface area (Å²) >= 11 is 5.43. The summed E-state index contributed by atoms with van der Waals surface area (Å²) in [5.41, 5.74) is 0. The van der Waals surface area contributed by atoms with Crippen LogP contribution in [0.4, 0.5) is 4.79 Å². The summed E-state index contributed by atoms with van der Waals surface area (Å²) in [5, 5.41) is 4.07. The van der Waals surface area contributed by atoms with E-state index in [0.29, 0.717) is 0 Å². The van der Waals surface area contributed by atoms with E-state index in [4.69, 9.17) is 11.6 Å². The van der Waals surface area contributed by atoms with Gasteiger partial charge < -0.3 is 5.32 Å². The number of rotatable bonds is 2. The summed E-state index contributed by atoms with van der Waals surface area (Å²) in [5.74, 6) is -0.463. The highest BCUT2D eigenvalue weighted by atomic mass is 35.5. The molecule has 1 aliphatic rings. The Kier molecular flexibility index (Phi) is 2.92. The van der Waals surface area contributed by atoms with E-state index in [0.717, 1.165) is 12.8 Å². The molecular weight excluding hydrogens is 180 g/mol. The van der Waals surface area contributed by atoms with E-state index in [1.54, 1.807) is 0 Å². The molecule has 0 aromatic carbocycles. The fourth-order valence-corrected chi connectivity index (χ4v) is 0.715. The first-order valence-corrected chi connectivity index (χ1v) is 4.28. The third-order valence-corrected chi connectivity index (χ3v) is 1.71. The van der Waals surface area contributed by atoms with Gasteiger partial charge in [-0.3, -0.25) is 10.1 Å². The summed E-state index contributed by atoms with van der Waals surface area (Å²) < 4.78 is 0. The molecule has 1 unspecified atom stereocenters. The van der Waals surface area contributed by atoms with Crippen molar-refractivity contribution in [2.24, 2.45) is 0 Å². The topological polar surface area (TPSA) is 58.2 Å². The molecule has 0 aliphatic heterocycles. The van der Waals surface area contributed by atoms with Crippen LogP contribution < -0.4 is 10.6 Å². The number of hydrogen-bond acceptors (Lipinski definition) is 2. The lowest BCUT2D eigenvalue weighted by molar-refractivity contribution is -0.119. The lowest BCUT2D eigenvalue weighted by Crippen LogP contribution is -2.43. The highest BCUT2D eigenvalue weighted by Gasteiger charge is 2.24. The van der Waals surface area contributed by atoms with Crippen LogP contribution in [0, 0.1) is 0 Å². The molecule has 1 aliphatic carbocycles. The normalized spacial score (nSPS) is 18.2. The molecule has 1 atom stereocenters. The van der Waals surface area contributed by atoms with Gasteiger partial charge in [0.1, 0.15) is 5.38 Å². The van der Waals surface area contributed by atoms with Gasteiger partial charge in [0.25, 0.3) is 0 Å². The Bertz CT molecular complexity index is 202. The molecule has 12 heavy (non-hydrogen) atoms. The molecule has 1 saturated carbocycles. The third kappa shape index (κ3) is 3.09. The molecule has 0 radical (unpaired) electrons. The average Bonchev–Trinajstić information content (AvgIpc) is 2.71. The first kappa shape index (κ1) is 9.32. The van der Waals surface area contributed by atoms with Crippen molar-refractivity contribution in [2.45, 2.75) is 31.2 Å². The zero-order valence-corrected chi connectivity index (χ0v) is 7.52. The number of amides is 3. The highest BCUT2D eigenvalue weighted by Crippen LogP contribution is 2.18. The van der Waals surface area contributed by atoms with E-state index < -0.39 is 17.3 Å². The van der Waals surface area contributed by atoms with Crippen LogP contribution in [0.2, 0.25) is 0 Å². The minimum atomic E-state index is -0.671. The minimum absolute atomic E-state index is 0.253. The lowest BCUT2D eigenvalue weighted by atomic mass is 10.4. The van der Waals surface area contributed by atoms with Gasteiger partial charge in [0, 0.05) is 6.04 Å². The van der Waals surface area contributed by atoms with Crippen LogP contribution in [0.25, 0.3) is 0 Å². The fourth-order valence-electron chi connectivity index (χ4n) is 0.660. The maximum Gasteiger partial charge on any atom is 0.321 e. The van der Waals surface area contributed by atoms with Gasteiger partial charge >= 0.3 is 6.03 Å². The Labute approximate surface area is 75.6 Å². The molecule has 0 spiro atoms. The van der Waals surface area contributed by atoms with Gasteiger partial charge in [-0.25, -0.2) is 4.79 Å². The minimum Gasteiger partial charge on any atom is -0.335 e. The second-order valence-corrected chi connectivity index (χ2v) is 3.51. The summed E-state index contributed by atoms with van der Waals surface area (Å²) in [7, 11) is 0. The van der Waals surface area contributed by atoms with Gasteiger partial charge in [-0.2, -0.15) is 0 Å². The monoisotopic (exact) mass is 190 g/mol. The van der Waals surface area contributed by atoms with Gasteiger partial charge in [0.05, 0.1) is 0 Å². The zero-order valence-electron chi connectivity index (χ0n) is 6.76. The first-order chi connectivity index (χ1) is 5.59. The van der Waals surface area contributed by atoms with Gasteiger partial charge in [-0.05, 0) is 19.8 Å². The van der Waals surface area contributed by atoms with Crippen LogP contribution in [0.5, 0.6) is 0 Å². The smallest absolute Gasteiger partial charge is 0.321 e. The van der Waals surface area contributed by atoms with E-state index in [9.17, 15) is 9.59 Å². The Hall–Kier alpha value is -0.770.